The molecule has 25 heavy (non-hydrogen) atoms. The van der Waals surface area contributed by atoms with Crippen molar-refractivity contribution in [2.45, 2.75) is 20.8 Å². The van der Waals surface area contributed by atoms with Crippen LogP contribution >= 0.6 is 0 Å². The van der Waals surface area contributed by atoms with Gasteiger partial charge in [0.05, 0.1) is 23.0 Å². The predicted octanol–water partition coefficient (Wildman–Crippen LogP) is 4.44. The highest BCUT2D eigenvalue weighted by atomic mass is 15.3. The highest BCUT2D eigenvalue weighted by Crippen LogP contribution is 2.39. The van der Waals surface area contributed by atoms with E-state index in [2.05, 4.69) is 17.0 Å². The van der Waals surface area contributed by atoms with Crippen LogP contribution in [-0.4, -0.2) is 18.2 Å². The lowest BCUT2D eigenvalue weighted by molar-refractivity contribution is 0.756. The monoisotopic (exact) mass is 331 g/mol. The molecule has 5 heteroatoms. The number of fused-ring (bicyclic) bond motifs is 1. The van der Waals surface area contributed by atoms with E-state index in [0.717, 1.165) is 22.6 Å². The second kappa shape index (κ2) is 6.40. The van der Waals surface area contributed by atoms with E-state index >= 15 is 0 Å². The van der Waals surface area contributed by atoms with Crippen molar-refractivity contribution >= 4 is 28.7 Å². The molecule has 3 rings (SSSR count). The van der Waals surface area contributed by atoms with Gasteiger partial charge in [0.1, 0.15) is 11.7 Å². The van der Waals surface area contributed by atoms with Gasteiger partial charge < -0.3 is 4.90 Å². The van der Waals surface area contributed by atoms with Gasteiger partial charge in [0.25, 0.3) is 0 Å². The highest BCUT2D eigenvalue weighted by Gasteiger charge is 2.30. The summed E-state index contributed by atoms with van der Waals surface area (Å²) in [5.74, 6) is 0.723. The normalized spacial score (nSPS) is 16.9. The third-order valence-corrected chi connectivity index (χ3v) is 4.47. The summed E-state index contributed by atoms with van der Waals surface area (Å²) in [6.07, 6.45) is 0. The van der Waals surface area contributed by atoms with Gasteiger partial charge in [0, 0.05) is 18.2 Å². The lowest BCUT2D eigenvalue weighted by Gasteiger charge is -2.27. The molecule has 0 aliphatic carbocycles. The molecule has 1 aliphatic heterocycles. The zero-order valence-corrected chi connectivity index (χ0v) is 14.7. The molecule has 0 saturated carbocycles. The van der Waals surface area contributed by atoms with Gasteiger partial charge in [-0.25, -0.2) is 0 Å². The molecule has 1 aliphatic rings. The molecule has 2 aromatic carbocycles. The second-order valence-corrected chi connectivity index (χ2v) is 6.47. The van der Waals surface area contributed by atoms with Crippen LogP contribution in [0.4, 0.5) is 17.1 Å². The van der Waals surface area contributed by atoms with Crippen LogP contribution in [-0.2, 0) is 0 Å². The van der Waals surface area contributed by atoms with E-state index in [1.165, 1.54) is 0 Å². The third-order valence-electron chi connectivity index (χ3n) is 4.47. The van der Waals surface area contributed by atoms with Gasteiger partial charge in [0.2, 0.25) is 0 Å². The maximum Gasteiger partial charge on any atom is 0.111 e. The first kappa shape index (κ1) is 16.7. The van der Waals surface area contributed by atoms with Crippen molar-refractivity contribution in [2.75, 3.05) is 16.3 Å². The van der Waals surface area contributed by atoms with Gasteiger partial charge in [-0.15, -0.1) is 0 Å². The summed E-state index contributed by atoms with van der Waals surface area (Å²) in [5.41, 5.74) is 4.55. The fraction of sp³-hybridized carbons (Fsp3) is 0.250. The molecule has 0 aromatic heterocycles. The van der Waals surface area contributed by atoms with Crippen molar-refractivity contribution in [2.24, 2.45) is 5.92 Å². The van der Waals surface area contributed by atoms with E-state index in [1.54, 1.807) is 11.8 Å². The Morgan fingerprint density at radius 3 is 2.44 bits per heavy atom. The lowest BCUT2D eigenvalue weighted by atomic mass is 10.1. The first-order valence-corrected chi connectivity index (χ1v) is 8.24. The molecule has 126 valence electrons. The fourth-order valence-corrected chi connectivity index (χ4v) is 3.17. The number of nitriles is 1. The predicted molar refractivity (Wildman–Crippen MR) is 102 cm³/mol. The van der Waals surface area contributed by atoms with Crippen LogP contribution in [0.2, 0.25) is 0 Å². The smallest absolute Gasteiger partial charge is 0.111 e. The Hall–Kier alpha value is -3.13. The van der Waals surface area contributed by atoms with Crippen LogP contribution in [0, 0.1) is 35.0 Å². The van der Waals surface area contributed by atoms with E-state index in [1.807, 2.05) is 50.2 Å². The van der Waals surface area contributed by atoms with E-state index in [-0.39, 0.29) is 5.92 Å². The summed E-state index contributed by atoms with van der Waals surface area (Å²) < 4.78 is 0. The van der Waals surface area contributed by atoms with Gasteiger partial charge in [-0.3, -0.25) is 15.7 Å². The van der Waals surface area contributed by atoms with Crippen molar-refractivity contribution in [1.29, 1.82) is 16.1 Å². The average molecular weight is 331 g/mol. The zero-order valence-electron chi connectivity index (χ0n) is 14.7. The Balaban J connectivity index is 2.20. The maximum absolute atomic E-state index is 9.03. The number of hydrogen-bond donors (Lipinski definition) is 2. The van der Waals surface area contributed by atoms with Crippen molar-refractivity contribution in [3.05, 3.63) is 53.6 Å². The lowest BCUT2D eigenvalue weighted by Crippen LogP contribution is -2.38. The van der Waals surface area contributed by atoms with E-state index in [0.29, 0.717) is 23.8 Å². The van der Waals surface area contributed by atoms with Crippen molar-refractivity contribution in [1.82, 2.24) is 0 Å². The van der Waals surface area contributed by atoms with Crippen LogP contribution in [0.3, 0.4) is 0 Å². The van der Waals surface area contributed by atoms with E-state index in [9.17, 15) is 0 Å². The summed E-state index contributed by atoms with van der Waals surface area (Å²) >= 11 is 0. The molecule has 0 saturated heterocycles. The number of anilines is 3. The quantitative estimate of drug-likeness (QED) is 0.599. The van der Waals surface area contributed by atoms with Gasteiger partial charge in [-0.05, 0) is 55.8 Å². The third kappa shape index (κ3) is 2.99. The SMILES string of the molecule is CC(=N)N1C(=N)[C@H](C)CN(c2ccc(C#N)cc2)c2cc(C)ccc21. The number of benzene rings is 2. The van der Waals surface area contributed by atoms with Crippen LogP contribution in [0.25, 0.3) is 0 Å². The van der Waals surface area contributed by atoms with Crippen LogP contribution in [0.5, 0.6) is 0 Å². The molecule has 1 atom stereocenters. The Bertz CT molecular complexity index is 876. The minimum Gasteiger partial charge on any atom is -0.339 e. The topological polar surface area (TPSA) is 78.0 Å². The maximum atomic E-state index is 9.03. The number of hydrogen-bond acceptors (Lipinski definition) is 4. The van der Waals surface area contributed by atoms with Gasteiger partial charge in [0.15, 0.2) is 0 Å². The average Bonchev–Trinajstić information content (AvgIpc) is 2.70. The molecule has 0 bridgehead atoms. The molecule has 0 unspecified atom stereocenters. The Labute approximate surface area is 148 Å². The van der Waals surface area contributed by atoms with Gasteiger partial charge >= 0.3 is 0 Å². The summed E-state index contributed by atoms with van der Waals surface area (Å²) in [6, 6.07) is 15.7. The second-order valence-electron chi connectivity index (χ2n) is 6.47. The van der Waals surface area contributed by atoms with Crippen LogP contribution in [0.1, 0.15) is 25.0 Å². The Morgan fingerprint density at radius 2 is 1.84 bits per heavy atom. The number of nitrogens with zero attached hydrogens (tertiary/aromatic N) is 3. The molecule has 0 radical (unpaired) electrons. The van der Waals surface area contributed by atoms with Crippen molar-refractivity contribution in [3.8, 4) is 6.07 Å². The molecular weight excluding hydrogens is 310 g/mol. The summed E-state index contributed by atoms with van der Waals surface area (Å²) in [6.45, 7) is 6.40. The summed E-state index contributed by atoms with van der Waals surface area (Å²) in [4.78, 5) is 3.88. The summed E-state index contributed by atoms with van der Waals surface area (Å²) in [5, 5.41) is 25.7. The molecule has 2 aromatic rings. The zero-order chi connectivity index (χ0) is 18.1. The van der Waals surface area contributed by atoms with Gasteiger partial charge in [-0.1, -0.05) is 13.0 Å². The largest absolute Gasteiger partial charge is 0.339 e. The molecular formula is C20H21N5. The molecule has 0 fully saturated rings. The van der Waals surface area contributed by atoms with Crippen molar-refractivity contribution < 1.29 is 0 Å². The van der Waals surface area contributed by atoms with E-state index in [4.69, 9.17) is 16.1 Å². The molecule has 0 amide bonds. The Kier molecular flexibility index (Phi) is 4.28. The number of amidine groups is 2. The number of nitrogens with one attached hydrogen (secondary N) is 2. The number of aryl methyl sites for hydroxylation is 1. The first-order chi connectivity index (χ1) is 11.9. The van der Waals surface area contributed by atoms with E-state index < -0.39 is 0 Å². The fourth-order valence-electron chi connectivity index (χ4n) is 3.17. The summed E-state index contributed by atoms with van der Waals surface area (Å²) in [7, 11) is 0. The Morgan fingerprint density at radius 1 is 1.16 bits per heavy atom. The molecule has 0 spiro atoms. The highest BCUT2D eigenvalue weighted by molar-refractivity contribution is 6.19. The van der Waals surface area contributed by atoms with Gasteiger partial charge in [-0.2, -0.15) is 5.26 Å². The number of rotatable bonds is 1. The first-order valence-electron chi connectivity index (χ1n) is 8.24. The van der Waals surface area contributed by atoms with Crippen molar-refractivity contribution in [3.63, 3.8) is 0 Å². The minimum atomic E-state index is -0.0383. The standard InChI is InChI=1S/C20H21N5/c1-13-4-9-18-19(10-13)24(17-7-5-16(11-21)6-8-17)12-14(2)20(23)25(18)15(3)22/h4-10,14,22-23H,12H2,1-3H3/t14-/m1/s1. The minimum absolute atomic E-state index is 0.0383. The molecule has 1 heterocycles. The molecule has 5 nitrogen and oxygen atoms in total. The molecule has 2 N–H and O–H groups in total. The van der Waals surface area contributed by atoms with Crippen LogP contribution in [0.15, 0.2) is 42.5 Å². The van der Waals surface area contributed by atoms with Crippen LogP contribution < -0.4 is 9.80 Å².